The van der Waals surface area contributed by atoms with E-state index in [0.717, 1.165) is 0 Å². The highest BCUT2D eigenvalue weighted by atomic mass is 16.6. The molecule has 2 rings (SSSR count). The Morgan fingerprint density at radius 3 is 2.37 bits per heavy atom. The Morgan fingerprint density at radius 1 is 1.14 bits per heavy atom. The second-order valence-electron chi connectivity index (χ2n) is 9.60. The highest BCUT2D eigenvalue weighted by molar-refractivity contribution is 5.91. The van der Waals surface area contributed by atoms with Gasteiger partial charge in [0.25, 0.3) is 0 Å². The standard InChI is InChI=1S/C25H37N3O7/c1-7-16(2)21(27-24(32)35-25(3,4)5)22(30)26-14-20(29)28-15-18(13-19(28)23(31)33-6)34-17-11-9-8-10-12-17/h8-12,16,18-19,21H,7,13-15H2,1-6H3,(H,26,30)(H,27,32)/t16-,18-,19-,21-/m0/s1. The fraction of sp³-hybridized carbons (Fsp3) is 0.600. The largest absolute Gasteiger partial charge is 0.488 e. The van der Waals surface area contributed by atoms with Gasteiger partial charge >= 0.3 is 12.1 Å². The summed E-state index contributed by atoms with van der Waals surface area (Å²) in [6.45, 7) is 8.74. The van der Waals surface area contributed by atoms with Crippen LogP contribution in [0.2, 0.25) is 0 Å². The summed E-state index contributed by atoms with van der Waals surface area (Å²) in [6.07, 6.45) is -0.216. The number of nitrogens with one attached hydrogen (secondary N) is 2. The first-order valence-electron chi connectivity index (χ1n) is 11.8. The molecule has 194 valence electrons. The van der Waals surface area contributed by atoms with Crippen molar-refractivity contribution in [2.24, 2.45) is 5.92 Å². The molecule has 0 aliphatic carbocycles. The predicted octanol–water partition coefficient (Wildman–Crippen LogP) is 2.26. The lowest BCUT2D eigenvalue weighted by atomic mass is 9.98. The van der Waals surface area contributed by atoms with Crippen LogP contribution in [-0.2, 0) is 23.9 Å². The average Bonchev–Trinajstić information content (AvgIpc) is 3.23. The van der Waals surface area contributed by atoms with E-state index in [-0.39, 0.29) is 25.4 Å². The first-order chi connectivity index (χ1) is 16.4. The Bertz CT molecular complexity index is 885. The van der Waals surface area contributed by atoms with Gasteiger partial charge in [-0.25, -0.2) is 9.59 Å². The zero-order valence-corrected chi connectivity index (χ0v) is 21.3. The number of methoxy groups -OCH3 is 1. The number of carbonyl (C=O) groups excluding carboxylic acids is 4. The van der Waals surface area contributed by atoms with E-state index in [9.17, 15) is 19.2 Å². The van der Waals surface area contributed by atoms with Gasteiger partial charge in [-0.05, 0) is 38.8 Å². The van der Waals surface area contributed by atoms with Gasteiger partial charge in [-0.1, -0.05) is 38.5 Å². The van der Waals surface area contributed by atoms with Crippen molar-refractivity contribution in [1.82, 2.24) is 15.5 Å². The molecule has 0 unspecified atom stereocenters. The summed E-state index contributed by atoms with van der Waals surface area (Å²) in [5.74, 6) is -1.07. The van der Waals surface area contributed by atoms with Crippen LogP contribution < -0.4 is 15.4 Å². The third kappa shape index (κ3) is 8.45. The van der Waals surface area contributed by atoms with E-state index in [0.29, 0.717) is 12.2 Å². The third-order valence-electron chi connectivity index (χ3n) is 5.68. The lowest BCUT2D eigenvalue weighted by molar-refractivity contribution is -0.150. The van der Waals surface area contributed by atoms with Gasteiger partial charge in [0.2, 0.25) is 11.8 Å². The van der Waals surface area contributed by atoms with Gasteiger partial charge in [0.1, 0.15) is 29.5 Å². The average molecular weight is 492 g/mol. The second kappa shape index (κ2) is 12.4. The Labute approximate surface area is 206 Å². The minimum Gasteiger partial charge on any atom is -0.488 e. The zero-order chi connectivity index (χ0) is 26.2. The third-order valence-corrected chi connectivity index (χ3v) is 5.68. The zero-order valence-electron chi connectivity index (χ0n) is 21.3. The van der Waals surface area contributed by atoms with Gasteiger partial charge in [-0.3, -0.25) is 9.59 Å². The minimum atomic E-state index is -0.883. The number of esters is 1. The molecule has 1 aromatic rings. The Balaban J connectivity index is 2.02. The number of amides is 3. The molecule has 1 saturated heterocycles. The van der Waals surface area contributed by atoms with E-state index >= 15 is 0 Å². The molecule has 2 N–H and O–H groups in total. The summed E-state index contributed by atoms with van der Waals surface area (Å²) in [5, 5.41) is 5.19. The maximum absolute atomic E-state index is 13.0. The predicted molar refractivity (Wildman–Crippen MR) is 129 cm³/mol. The smallest absolute Gasteiger partial charge is 0.408 e. The van der Waals surface area contributed by atoms with Gasteiger partial charge in [0.05, 0.1) is 20.2 Å². The molecule has 0 spiro atoms. The van der Waals surface area contributed by atoms with Crippen molar-refractivity contribution in [1.29, 1.82) is 0 Å². The molecule has 1 aliphatic rings. The summed E-state index contributed by atoms with van der Waals surface area (Å²) in [7, 11) is 1.26. The first-order valence-corrected chi connectivity index (χ1v) is 11.8. The molecule has 1 aliphatic heterocycles. The number of ether oxygens (including phenoxy) is 3. The van der Waals surface area contributed by atoms with Crippen molar-refractivity contribution < 1.29 is 33.4 Å². The fourth-order valence-electron chi connectivity index (χ4n) is 3.72. The van der Waals surface area contributed by atoms with E-state index in [2.05, 4.69) is 10.6 Å². The van der Waals surface area contributed by atoms with Crippen LogP contribution in [0.3, 0.4) is 0 Å². The van der Waals surface area contributed by atoms with E-state index in [1.54, 1.807) is 32.9 Å². The summed E-state index contributed by atoms with van der Waals surface area (Å²) in [6, 6.07) is 7.42. The number of hydrogen-bond donors (Lipinski definition) is 2. The monoisotopic (exact) mass is 491 g/mol. The lowest BCUT2D eigenvalue weighted by Gasteiger charge is -2.27. The van der Waals surface area contributed by atoms with Crippen molar-refractivity contribution in [3.05, 3.63) is 30.3 Å². The van der Waals surface area contributed by atoms with E-state index in [4.69, 9.17) is 14.2 Å². The van der Waals surface area contributed by atoms with Crippen LogP contribution in [0.4, 0.5) is 4.79 Å². The van der Waals surface area contributed by atoms with Crippen LogP contribution in [0.15, 0.2) is 30.3 Å². The van der Waals surface area contributed by atoms with Crippen molar-refractivity contribution >= 4 is 23.9 Å². The summed E-state index contributed by atoms with van der Waals surface area (Å²) >= 11 is 0. The number of alkyl carbamates (subject to hydrolysis) is 1. The lowest BCUT2D eigenvalue weighted by Crippen LogP contribution is -2.53. The number of nitrogens with zero attached hydrogens (tertiary/aromatic N) is 1. The fourth-order valence-corrected chi connectivity index (χ4v) is 3.72. The molecule has 10 heteroatoms. The molecule has 4 atom stereocenters. The number of rotatable bonds is 9. The molecule has 10 nitrogen and oxygen atoms in total. The van der Waals surface area contributed by atoms with Crippen molar-refractivity contribution in [3.63, 3.8) is 0 Å². The van der Waals surface area contributed by atoms with Crippen molar-refractivity contribution in [3.8, 4) is 5.75 Å². The molecule has 0 saturated carbocycles. The maximum atomic E-state index is 13.0. The van der Waals surface area contributed by atoms with Gasteiger partial charge in [0, 0.05) is 6.42 Å². The minimum absolute atomic E-state index is 0.175. The van der Waals surface area contributed by atoms with E-state index in [1.165, 1.54) is 12.0 Å². The summed E-state index contributed by atoms with van der Waals surface area (Å²) in [5.41, 5.74) is -0.715. The topological polar surface area (TPSA) is 123 Å². The van der Waals surface area contributed by atoms with Gasteiger partial charge < -0.3 is 29.7 Å². The molecule has 0 aromatic heterocycles. The van der Waals surface area contributed by atoms with Crippen LogP contribution >= 0.6 is 0 Å². The number of benzene rings is 1. The number of carbonyl (C=O) groups is 4. The van der Waals surface area contributed by atoms with Crippen molar-refractivity contribution in [2.45, 2.75) is 71.2 Å². The van der Waals surface area contributed by atoms with Crippen LogP contribution in [0.5, 0.6) is 5.75 Å². The molecule has 0 radical (unpaired) electrons. The summed E-state index contributed by atoms with van der Waals surface area (Å²) < 4.78 is 16.1. The van der Waals surface area contributed by atoms with Crippen LogP contribution in [0, 0.1) is 5.92 Å². The van der Waals surface area contributed by atoms with Gasteiger partial charge in [-0.15, -0.1) is 0 Å². The molecule has 1 fully saturated rings. The normalized spacial score (nSPS) is 19.3. The van der Waals surface area contributed by atoms with Gasteiger partial charge in [0.15, 0.2) is 0 Å². The van der Waals surface area contributed by atoms with Crippen LogP contribution in [-0.4, -0.2) is 72.8 Å². The molecule has 0 bridgehead atoms. The SMILES string of the molecule is CC[C@H](C)[C@H](NC(=O)OC(C)(C)C)C(=O)NCC(=O)N1C[C@@H](Oc2ccccc2)C[C@H]1C(=O)OC. The highest BCUT2D eigenvalue weighted by Gasteiger charge is 2.41. The molecule has 3 amide bonds. The number of hydrogen-bond acceptors (Lipinski definition) is 7. The molecular weight excluding hydrogens is 454 g/mol. The van der Waals surface area contributed by atoms with Crippen LogP contribution in [0.1, 0.15) is 47.5 Å². The maximum Gasteiger partial charge on any atom is 0.408 e. The van der Waals surface area contributed by atoms with Gasteiger partial charge in [-0.2, -0.15) is 0 Å². The molecular formula is C25H37N3O7. The Kier molecular flexibility index (Phi) is 9.91. The van der Waals surface area contributed by atoms with E-state index < -0.39 is 47.7 Å². The van der Waals surface area contributed by atoms with Crippen LogP contribution in [0.25, 0.3) is 0 Å². The summed E-state index contributed by atoms with van der Waals surface area (Å²) in [4.78, 5) is 51.8. The first kappa shape index (κ1) is 27.9. The highest BCUT2D eigenvalue weighted by Crippen LogP contribution is 2.24. The second-order valence-corrected chi connectivity index (χ2v) is 9.60. The van der Waals surface area contributed by atoms with E-state index in [1.807, 2.05) is 32.0 Å². The number of para-hydroxylation sites is 1. The quantitative estimate of drug-likeness (QED) is 0.508. The number of likely N-dealkylation sites (tertiary alicyclic amines) is 1. The Morgan fingerprint density at radius 2 is 1.80 bits per heavy atom. The molecule has 1 heterocycles. The molecule has 35 heavy (non-hydrogen) atoms. The van der Waals surface area contributed by atoms with Crippen molar-refractivity contribution in [2.75, 3.05) is 20.2 Å². The Hall–Kier alpha value is -3.30. The molecule has 1 aromatic carbocycles.